The zero-order valence-corrected chi connectivity index (χ0v) is 18.4. The van der Waals surface area contributed by atoms with Crippen molar-refractivity contribution < 1.29 is 18.3 Å². The number of nitrogens with zero attached hydrogens (tertiary/aromatic N) is 3. The Balaban J connectivity index is 1.77. The van der Waals surface area contributed by atoms with Gasteiger partial charge in [0.05, 0.1) is 6.61 Å². The van der Waals surface area contributed by atoms with E-state index in [-0.39, 0.29) is 28.4 Å². The molecule has 1 atom stereocenters. The summed E-state index contributed by atoms with van der Waals surface area (Å²) in [6.07, 6.45) is 1.29. The van der Waals surface area contributed by atoms with Crippen molar-refractivity contribution in [1.29, 1.82) is 0 Å². The second-order valence-corrected chi connectivity index (χ2v) is 8.96. The minimum atomic E-state index is -1.55. The van der Waals surface area contributed by atoms with Gasteiger partial charge >= 0.3 is 0 Å². The Morgan fingerprint density at radius 1 is 1.06 bits per heavy atom. The summed E-state index contributed by atoms with van der Waals surface area (Å²) in [5.74, 6) is -1.06. The lowest BCUT2D eigenvalue weighted by Gasteiger charge is -2.28. The van der Waals surface area contributed by atoms with Crippen LogP contribution in [0.3, 0.4) is 0 Å². The molecule has 1 amide bonds. The van der Waals surface area contributed by atoms with E-state index in [2.05, 4.69) is 23.8 Å². The summed E-state index contributed by atoms with van der Waals surface area (Å²) in [7, 11) is 1.54. The van der Waals surface area contributed by atoms with Crippen LogP contribution in [0.15, 0.2) is 59.7 Å². The fraction of sp³-hybridized carbons (Fsp3) is 0.240. The lowest BCUT2D eigenvalue weighted by Crippen LogP contribution is -2.41. The number of nitrogens with two attached hydrogens (primary N) is 1. The first-order valence-electron chi connectivity index (χ1n) is 10.5. The average molecular weight is 448 g/mol. The first-order valence-corrected chi connectivity index (χ1v) is 10.5. The molecule has 0 saturated carbocycles. The highest BCUT2D eigenvalue weighted by Crippen LogP contribution is 2.45. The standard InChI is InChI=1S/C25H22F2N4O2/c1-24(2)13-33-20-9-7-15(12-18(20)24)25(22(32)31(3)23(28)30-25)14-6-8-19(26)17(11-14)16-5-4-10-29-21(16)27/h4-12H,13H2,1-3H3,(H2,28,30). The number of ether oxygens (including phenoxy) is 1. The molecule has 1 unspecified atom stereocenters. The van der Waals surface area contributed by atoms with Gasteiger partial charge in [0.2, 0.25) is 5.95 Å². The number of hydrogen-bond acceptors (Lipinski definition) is 5. The third-order valence-corrected chi connectivity index (χ3v) is 6.39. The Hall–Kier alpha value is -3.81. The summed E-state index contributed by atoms with van der Waals surface area (Å²) in [5.41, 5.74) is 6.12. The normalized spacial score (nSPS) is 21.1. The summed E-state index contributed by atoms with van der Waals surface area (Å²) < 4.78 is 35.0. The molecule has 3 aromatic rings. The lowest BCUT2D eigenvalue weighted by atomic mass is 9.78. The molecule has 0 radical (unpaired) electrons. The molecular formula is C25H22F2N4O2. The minimum absolute atomic E-state index is 0.00811. The third kappa shape index (κ3) is 3.01. The van der Waals surface area contributed by atoms with Crippen LogP contribution in [0.5, 0.6) is 5.75 Å². The van der Waals surface area contributed by atoms with Crippen LogP contribution < -0.4 is 10.5 Å². The van der Waals surface area contributed by atoms with Crippen LogP contribution in [0.2, 0.25) is 0 Å². The van der Waals surface area contributed by atoms with Crippen LogP contribution in [0.1, 0.15) is 30.5 Å². The van der Waals surface area contributed by atoms with Crippen molar-refractivity contribution in [3.8, 4) is 16.9 Å². The highest BCUT2D eigenvalue weighted by molar-refractivity contribution is 6.09. The second kappa shape index (κ2) is 7.10. The molecule has 0 bridgehead atoms. The molecule has 0 spiro atoms. The van der Waals surface area contributed by atoms with Crippen molar-refractivity contribution in [2.45, 2.75) is 24.8 Å². The van der Waals surface area contributed by atoms with Gasteiger partial charge in [-0.2, -0.15) is 4.39 Å². The lowest BCUT2D eigenvalue weighted by molar-refractivity contribution is -0.129. The maximum Gasteiger partial charge on any atom is 0.266 e. The topological polar surface area (TPSA) is 80.8 Å². The zero-order chi connectivity index (χ0) is 23.5. The van der Waals surface area contributed by atoms with E-state index in [0.717, 1.165) is 11.3 Å². The molecule has 2 aromatic carbocycles. The van der Waals surface area contributed by atoms with Crippen LogP contribution in [0.4, 0.5) is 8.78 Å². The van der Waals surface area contributed by atoms with Crippen molar-refractivity contribution in [1.82, 2.24) is 9.88 Å². The molecule has 2 N–H and O–H groups in total. The summed E-state index contributed by atoms with van der Waals surface area (Å²) in [5, 5.41) is 0. The van der Waals surface area contributed by atoms with Gasteiger partial charge in [0.1, 0.15) is 11.6 Å². The molecule has 168 valence electrons. The number of carbonyl (C=O) groups excluding carboxylic acids is 1. The minimum Gasteiger partial charge on any atom is -0.492 e. The number of amides is 1. The maximum atomic E-state index is 14.8. The van der Waals surface area contributed by atoms with Crippen LogP contribution in [-0.2, 0) is 15.7 Å². The van der Waals surface area contributed by atoms with E-state index < -0.39 is 17.3 Å². The number of benzene rings is 2. The summed E-state index contributed by atoms with van der Waals surface area (Å²) in [6.45, 7) is 4.62. The molecule has 0 aliphatic carbocycles. The Labute approximate surface area is 189 Å². The maximum absolute atomic E-state index is 14.8. The van der Waals surface area contributed by atoms with E-state index >= 15 is 0 Å². The van der Waals surface area contributed by atoms with Crippen molar-refractivity contribution in [3.63, 3.8) is 0 Å². The van der Waals surface area contributed by atoms with Gasteiger partial charge in [-0.05, 0) is 47.5 Å². The Kier molecular flexibility index (Phi) is 4.53. The molecule has 0 saturated heterocycles. The third-order valence-electron chi connectivity index (χ3n) is 6.39. The predicted octanol–water partition coefficient (Wildman–Crippen LogP) is 3.73. The number of hydrogen-bond donors (Lipinski definition) is 1. The number of halogens is 2. The zero-order valence-electron chi connectivity index (χ0n) is 18.4. The summed E-state index contributed by atoms with van der Waals surface area (Å²) >= 11 is 0. The van der Waals surface area contributed by atoms with Crippen molar-refractivity contribution >= 4 is 11.9 Å². The largest absolute Gasteiger partial charge is 0.492 e. The number of rotatable bonds is 3. The van der Waals surface area contributed by atoms with Crippen LogP contribution >= 0.6 is 0 Å². The molecule has 5 rings (SSSR count). The Morgan fingerprint density at radius 2 is 1.79 bits per heavy atom. The molecule has 2 aliphatic heterocycles. The number of likely N-dealkylation sites (N-methyl/N-ethyl adjacent to an activating group) is 1. The van der Waals surface area contributed by atoms with E-state index in [9.17, 15) is 13.6 Å². The molecule has 0 fully saturated rings. The van der Waals surface area contributed by atoms with E-state index in [1.54, 1.807) is 6.07 Å². The highest BCUT2D eigenvalue weighted by atomic mass is 19.1. The van der Waals surface area contributed by atoms with Gasteiger partial charge in [0.25, 0.3) is 5.91 Å². The first kappa shape index (κ1) is 21.1. The average Bonchev–Trinajstić information content (AvgIpc) is 3.23. The number of aliphatic imine (C=N–C) groups is 1. The fourth-order valence-electron chi connectivity index (χ4n) is 4.47. The predicted molar refractivity (Wildman–Crippen MR) is 120 cm³/mol. The smallest absolute Gasteiger partial charge is 0.266 e. The van der Waals surface area contributed by atoms with E-state index in [1.807, 2.05) is 12.1 Å². The van der Waals surface area contributed by atoms with Crippen molar-refractivity contribution in [2.75, 3.05) is 13.7 Å². The summed E-state index contributed by atoms with van der Waals surface area (Å²) in [6, 6.07) is 12.6. The van der Waals surface area contributed by atoms with Crippen molar-refractivity contribution in [3.05, 3.63) is 83.2 Å². The molecule has 8 heteroatoms. The first-order chi connectivity index (χ1) is 15.6. The molecule has 1 aromatic heterocycles. The highest BCUT2D eigenvalue weighted by Gasteiger charge is 2.50. The summed E-state index contributed by atoms with van der Waals surface area (Å²) in [4.78, 5) is 23.1. The van der Waals surface area contributed by atoms with Gasteiger partial charge in [-0.25, -0.2) is 14.4 Å². The van der Waals surface area contributed by atoms with Crippen LogP contribution in [-0.4, -0.2) is 35.4 Å². The van der Waals surface area contributed by atoms with Gasteiger partial charge in [-0.3, -0.25) is 9.69 Å². The van der Waals surface area contributed by atoms with Crippen LogP contribution in [0.25, 0.3) is 11.1 Å². The number of carbonyl (C=O) groups is 1. The van der Waals surface area contributed by atoms with Gasteiger partial charge in [-0.15, -0.1) is 0 Å². The number of pyridine rings is 1. The monoisotopic (exact) mass is 448 g/mol. The van der Waals surface area contributed by atoms with E-state index in [0.29, 0.717) is 17.7 Å². The number of guanidine groups is 1. The number of aromatic nitrogens is 1. The number of fused-ring (bicyclic) bond motifs is 1. The van der Waals surface area contributed by atoms with Gasteiger partial charge in [0, 0.05) is 35.3 Å². The molecular weight excluding hydrogens is 426 g/mol. The fourth-order valence-corrected chi connectivity index (χ4v) is 4.47. The molecule has 33 heavy (non-hydrogen) atoms. The van der Waals surface area contributed by atoms with E-state index in [4.69, 9.17) is 10.5 Å². The molecule has 6 nitrogen and oxygen atoms in total. The van der Waals surface area contributed by atoms with Crippen molar-refractivity contribution in [2.24, 2.45) is 10.7 Å². The molecule has 3 heterocycles. The SMILES string of the molecule is CN1C(=O)C(c2ccc(F)c(-c3cccnc3F)c2)(c2ccc3c(c2)C(C)(C)CO3)N=C1N. The van der Waals surface area contributed by atoms with Gasteiger partial charge in [0.15, 0.2) is 11.5 Å². The Morgan fingerprint density at radius 3 is 2.48 bits per heavy atom. The Bertz CT molecular complexity index is 1340. The van der Waals surface area contributed by atoms with E-state index in [1.165, 1.54) is 48.5 Å². The quantitative estimate of drug-likeness (QED) is 0.620. The second-order valence-electron chi connectivity index (χ2n) is 8.96. The molecule has 2 aliphatic rings. The van der Waals surface area contributed by atoms with Gasteiger partial charge < -0.3 is 10.5 Å². The van der Waals surface area contributed by atoms with Gasteiger partial charge in [-0.1, -0.05) is 26.0 Å². The van der Waals surface area contributed by atoms with Crippen LogP contribution in [0, 0.1) is 11.8 Å².